The molecular formula is C15H15N5S. The highest BCUT2D eigenvalue weighted by atomic mass is 32.2. The molecule has 0 spiro atoms. The Kier molecular flexibility index (Phi) is 4.16. The van der Waals surface area contributed by atoms with Gasteiger partial charge in [-0.2, -0.15) is 5.10 Å². The van der Waals surface area contributed by atoms with E-state index in [1.807, 2.05) is 18.5 Å². The number of pyridine rings is 1. The van der Waals surface area contributed by atoms with Gasteiger partial charge >= 0.3 is 0 Å². The van der Waals surface area contributed by atoms with Gasteiger partial charge in [-0.05, 0) is 48.4 Å². The molecule has 5 nitrogen and oxygen atoms in total. The van der Waals surface area contributed by atoms with Crippen molar-refractivity contribution in [3.8, 4) is 0 Å². The Morgan fingerprint density at radius 1 is 1.19 bits per heavy atom. The summed E-state index contributed by atoms with van der Waals surface area (Å²) in [6, 6.07) is 10.3. The van der Waals surface area contributed by atoms with Crippen LogP contribution in [-0.2, 0) is 6.54 Å². The molecule has 0 aliphatic carbocycles. The lowest BCUT2D eigenvalue weighted by atomic mass is 10.1. The molecule has 6 heteroatoms. The number of H-pyrrole nitrogens is 1. The molecule has 3 rings (SSSR count). The summed E-state index contributed by atoms with van der Waals surface area (Å²) in [5, 5.41) is 10.9. The summed E-state index contributed by atoms with van der Waals surface area (Å²) >= 11 is 1.55. The molecule has 0 unspecified atom stereocenters. The fourth-order valence-corrected chi connectivity index (χ4v) is 2.57. The molecule has 0 saturated carbocycles. The van der Waals surface area contributed by atoms with Crippen molar-refractivity contribution in [1.29, 1.82) is 0 Å². The van der Waals surface area contributed by atoms with Gasteiger partial charge < -0.3 is 5.32 Å². The number of hydrogen-bond acceptors (Lipinski definition) is 5. The first-order valence-corrected chi connectivity index (χ1v) is 7.39. The lowest BCUT2D eigenvalue weighted by Crippen LogP contribution is -2.01. The van der Waals surface area contributed by atoms with E-state index in [4.69, 9.17) is 0 Å². The van der Waals surface area contributed by atoms with Gasteiger partial charge in [0.15, 0.2) is 5.16 Å². The van der Waals surface area contributed by atoms with Gasteiger partial charge in [0.1, 0.15) is 6.33 Å². The van der Waals surface area contributed by atoms with Crippen molar-refractivity contribution >= 4 is 17.4 Å². The monoisotopic (exact) mass is 297 g/mol. The van der Waals surface area contributed by atoms with Crippen molar-refractivity contribution in [2.75, 3.05) is 5.32 Å². The predicted octanol–water partition coefficient (Wildman–Crippen LogP) is 3.27. The summed E-state index contributed by atoms with van der Waals surface area (Å²) in [6.07, 6.45) is 5.22. The molecule has 0 fully saturated rings. The van der Waals surface area contributed by atoms with Crippen LogP contribution in [0.2, 0.25) is 0 Å². The zero-order chi connectivity index (χ0) is 14.5. The summed E-state index contributed by atoms with van der Waals surface area (Å²) in [4.78, 5) is 9.37. The topological polar surface area (TPSA) is 66.5 Å². The molecule has 2 aromatic heterocycles. The van der Waals surface area contributed by atoms with Crippen LogP contribution in [0.25, 0.3) is 0 Å². The van der Waals surface area contributed by atoms with Gasteiger partial charge in [0.05, 0.1) is 0 Å². The molecule has 2 heterocycles. The smallest absolute Gasteiger partial charge is 0.188 e. The fraction of sp³-hybridized carbons (Fsp3) is 0.133. The highest BCUT2D eigenvalue weighted by Gasteiger charge is 2.01. The lowest BCUT2D eigenvalue weighted by Gasteiger charge is -2.09. The summed E-state index contributed by atoms with van der Waals surface area (Å²) in [5.74, 6) is 0. The van der Waals surface area contributed by atoms with E-state index in [0.29, 0.717) is 0 Å². The third-order valence-electron chi connectivity index (χ3n) is 3.09. The average molecular weight is 297 g/mol. The van der Waals surface area contributed by atoms with Crippen LogP contribution in [0, 0.1) is 6.92 Å². The highest BCUT2D eigenvalue weighted by Crippen LogP contribution is 2.25. The Labute approximate surface area is 127 Å². The first-order chi connectivity index (χ1) is 10.3. The first kappa shape index (κ1) is 13.6. The van der Waals surface area contributed by atoms with Crippen LogP contribution in [0.15, 0.2) is 59.1 Å². The maximum atomic E-state index is 4.15. The normalized spacial score (nSPS) is 10.5. The third-order valence-corrected chi connectivity index (χ3v) is 3.99. The third kappa shape index (κ3) is 3.61. The second-order valence-electron chi connectivity index (χ2n) is 4.57. The number of aryl methyl sites for hydroxylation is 1. The van der Waals surface area contributed by atoms with E-state index in [2.05, 4.69) is 56.7 Å². The fourth-order valence-electron chi connectivity index (χ4n) is 1.87. The molecule has 0 aliphatic heterocycles. The van der Waals surface area contributed by atoms with E-state index >= 15 is 0 Å². The zero-order valence-corrected chi connectivity index (χ0v) is 12.4. The van der Waals surface area contributed by atoms with Crippen molar-refractivity contribution in [2.24, 2.45) is 0 Å². The molecule has 0 bridgehead atoms. The quantitative estimate of drug-likeness (QED) is 0.756. The number of rotatable bonds is 5. The van der Waals surface area contributed by atoms with Crippen LogP contribution in [0.1, 0.15) is 11.1 Å². The van der Waals surface area contributed by atoms with Crippen LogP contribution in [0.5, 0.6) is 0 Å². The lowest BCUT2D eigenvalue weighted by molar-refractivity contribution is 0.973. The van der Waals surface area contributed by atoms with Crippen LogP contribution < -0.4 is 5.32 Å². The minimum Gasteiger partial charge on any atom is -0.381 e. The van der Waals surface area contributed by atoms with Crippen molar-refractivity contribution in [2.45, 2.75) is 23.5 Å². The molecule has 0 saturated heterocycles. The van der Waals surface area contributed by atoms with E-state index in [1.165, 1.54) is 17.5 Å². The number of anilines is 1. The van der Waals surface area contributed by atoms with Crippen LogP contribution in [-0.4, -0.2) is 20.2 Å². The number of nitrogens with zero attached hydrogens (tertiary/aromatic N) is 3. The zero-order valence-electron chi connectivity index (χ0n) is 11.6. The first-order valence-electron chi connectivity index (χ1n) is 6.58. The minimum atomic E-state index is 0.772. The second kappa shape index (κ2) is 6.41. The Morgan fingerprint density at radius 2 is 2.05 bits per heavy atom. The molecule has 0 atom stereocenters. The van der Waals surface area contributed by atoms with Crippen molar-refractivity contribution in [1.82, 2.24) is 20.2 Å². The maximum Gasteiger partial charge on any atom is 0.188 e. The predicted molar refractivity (Wildman–Crippen MR) is 83.2 cm³/mol. The summed E-state index contributed by atoms with van der Waals surface area (Å²) in [6.45, 7) is 2.87. The summed E-state index contributed by atoms with van der Waals surface area (Å²) < 4.78 is 0. The standard InChI is InChI=1S/C15H15N5S/c1-11-6-7-16-8-12(11)9-17-13-2-4-14(5-3-13)21-15-18-10-19-20-15/h2-8,10,17H,9H2,1H3,(H,18,19,20). The molecule has 0 amide bonds. The van der Waals surface area contributed by atoms with Crippen molar-refractivity contribution < 1.29 is 0 Å². The van der Waals surface area contributed by atoms with E-state index < -0.39 is 0 Å². The Morgan fingerprint density at radius 3 is 2.76 bits per heavy atom. The van der Waals surface area contributed by atoms with Crippen LogP contribution in [0.4, 0.5) is 5.69 Å². The Bertz CT molecular complexity index is 694. The van der Waals surface area contributed by atoms with Gasteiger partial charge in [-0.25, -0.2) is 4.98 Å². The van der Waals surface area contributed by atoms with Crippen molar-refractivity contribution in [3.63, 3.8) is 0 Å². The molecule has 21 heavy (non-hydrogen) atoms. The Balaban J connectivity index is 1.61. The second-order valence-corrected chi connectivity index (χ2v) is 5.64. The summed E-state index contributed by atoms with van der Waals surface area (Å²) in [7, 11) is 0. The van der Waals surface area contributed by atoms with Gasteiger partial charge in [-0.15, -0.1) is 0 Å². The Hall–Kier alpha value is -2.34. The van der Waals surface area contributed by atoms with E-state index in [0.717, 1.165) is 22.3 Å². The molecule has 2 N–H and O–H groups in total. The molecule has 0 aliphatic rings. The number of aromatic nitrogens is 4. The van der Waals surface area contributed by atoms with Gasteiger partial charge in [-0.1, -0.05) is 11.8 Å². The van der Waals surface area contributed by atoms with Gasteiger partial charge in [0.2, 0.25) is 0 Å². The summed E-state index contributed by atoms with van der Waals surface area (Å²) in [5.41, 5.74) is 3.53. The SMILES string of the molecule is Cc1ccncc1CNc1ccc(Sc2ncn[nH]2)cc1. The van der Waals surface area contributed by atoms with Gasteiger partial charge in [-0.3, -0.25) is 10.1 Å². The number of benzene rings is 1. The van der Waals surface area contributed by atoms with Gasteiger partial charge in [0, 0.05) is 29.5 Å². The van der Waals surface area contributed by atoms with Crippen LogP contribution in [0.3, 0.4) is 0 Å². The maximum absolute atomic E-state index is 4.15. The number of hydrogen-bond donors (Lipinski definition) is 2. The number of nitrogens with one attached hydrogen (secondary N) is 2. The molecule has 1 aromatic carbocycles. The van der Waals surface area contributed by atoms with E-state index in [-0.39, 0.29) is 0 Å². The van der Waals surface area contributed by atoms with Crippen LogP contribution >= 0.6 is 11.8 Å². The molecule has 3 aromatic rings. The van der Waals surface area contributed by atoms with Crippen molar-refractivity contribution in [3.05, 3.63) is 60.2 Å². The van der Waals surface area contributed by atoms with E-state index in [9.17, 15) is 0 Å². The molecule has 0 radical (unpaired) electrons. The average Bonchev–Trinajstić information content (AvgIpc) is 3.01. The number of aromatic amines is 1. The van der Waals surface area contributed by atoms with E-state index in [1.54, 1.807) is 11.8 Å². The molecular weight excluding hydrogens is 282 g/mol. The minimum absolute atomic E-state index is 0.772. The molecule has 106 valence electrons. The highest BCUT2D eigenvalue weighted by molar-refractivity contribution is 7.99. The van der Waals surface area contributed by atoms with Gasteiger partial charge in [0.25, 0.3) is 0 Å². The largest absolute Gasteiger partial charge is 0.381 e.